The molecule has 2 unspecified atom stereocenters. The van der Waals surface area contributed by atoms with Crippen LogP contribution in [0.4, 0.5) is 26.3 Å². The lowest BCUT2D eigenvalue weighted by atomic mass is 10.1. The maximum absolute atomic E-state index is 12.7. The van der Waals surface area contributed by atoms with Gasteiger partial charge < -0.3 is 10.6 Å². The van der Waals surface area contributed by atoms with Gasteiger partial charge in [0.2, 0.25) is 0 Å². The highest BCUT2D eigenvalue weighted by atomic mass is 19.4. The molecule has 0 spiro atoms. The maximum atomic E-state index is 12.7. The van der Waals surface area contributed by atoms with Crippen molar-refractivity contribution in [3.63, 3.8) is 0 Å². The van der Waals surface area contributed by atoms with Crippen LogP contribution in [0.2, 0.25) is 0 Å². The highest BCUT2D eigenvalue weighted by Crippen LogP contribution is 2.38. The Morgan fingerprint density at radius 2 is 1.03 bits per heavy atom. The Kier molecular flexibility index (Phi) is 6.33. The quantitative estimate of drug-likeness (QED) is 0.585. The number of alkyl halides is 6. The molecule has 10 heteroatoms. The van der Waals surface area contributed by atoms with Crippen molar-refractivity contribution >= 4 is 11.8 Å². The minimum Gasteiger partial charge on any atom is -0.349 e. The molecule has 1 aromatic carbocycles. The zero-order valence-corrected chi connectivity index (χ0v) is 15.9. The van der Waals surface area contributed by atoms with Crippen molar-refractivity contribution in [2.24, 2.45) is 11.8 Å². The monoisotopic (exact) mass is 436 g/mol. The summed E-state index contributed by atoms with van der Waals surface area (Å²) in [6.45, 7) is 0. The SMILES string of the molecule is O=C(NC(CC(F)(F)F)C1CC1)c1ccc(C(=O)NC(CC(F)(F)F)C2CC2)cc1. The normalized spacial score (nSPS) is 19.1. The van der Waals surface area contributed by atoms with E-state index in [0.29, 0.717) is 25.7 Å². The van der Waals surface area contributed by atoms with E-state index in [1.54, 1.807) is 0 Å². The number of rotatable bonds is 8. The molecule has 0 radical (unpaired) electrons. The Hall–Kier alpha value is -2.26. The summed E-state index contributed by atoms with van der Waals surface area (Å²) in [7, 11) is 0. The highest BCUT2D eigenvalue weighted by molar-refractivity contribution is 5.98. The van der Waals surface area contributed by atoms with Crippen LogP contribution < -0.4 is 10.6 Å². The number of halogens is 6. The fraction of sp³-hybridized carbons (Fsp3) is 0.600. The van der Waals surface area contributed by atoms with Gasteiger partial charge in [0.05, 0.1) is 12.8 Å². The predicted octanol–water partition coefficient (Wildman–Crippen LogP) is 4.61. The summed E-state index contributed by atoms with van der Waals surface area (Å²) < 4.78 is 76.1. The second-order valence-electron chi connectivity index (χ2n) is 8.05. The molecule has 0 aliphatic heterocycles. The van der Waals surface area contributed by atoms with Crippen LogP contribution in [0, 0.1) is 11.8 Å². The van der Waals surface area contributed by atoms with E-state index in [4.69, 9.17) is 0 Å². The molecular weight excluding hydrogens is 414 g/mol. The molecule has 2 amide bonds. The van der Waals surface area contributed by atoms with Gasteiger partial charge in [-0.3, -0.25) is 9.59 Å². The number of benzene rings is 1. The van der Waals surface area contributed by atoms with E-state index >= 15 is 0 Å². The standard InChI is InChI=1S/C20H22F6N2O2/c21-19(22,23)9-15(11-1-2-11)27-17(29)13-5-7-14(8-6-13)18(30)28-16(12-3-4-12)10-20(24,25)26/h5-8,11-12,15-16H,1-4,9-10H2,(H,27,29)(H,28,30). The Labute approximate surface area is 169 Å². The van der Waals surface area contributed by atoms with E-state index in [9.17, 15) is 35.9 Å². The predicted molar refractivity (Wildman–Crippen MR) is 95.7 cm³/mol. The summed E-state index contributed by atoms with van der Waals surface area (Å²) in [6.07, 6.45) is -8.49. The lowest BCUT2D eigenvalue weighted by Crippen LogP contribution is -2.40. The van der Waals surface area contributed by atoms with E-state index in [2.05, 4.69) is 10.6 Å². The first-order valence-corrected chi connectivity index (χ1v) is 9.76. The highest BCUT2D eigenvalue weighted by Gasteiger charge is 2.41. The summed E-state index contributed by atoms with van der Waals surface area (Å²) in [5.74, 6) is -1.77. The molecule has 2 fully saturated rings. The van der Waals surface area contributed by atoms with Gasteiger partial charge in [-0.05, 0) is 61.8 Å². The summed E-state index contributed by atoms with van der Waals surface area (Å²) in [4.78, 5) is 24.6. The maximum Gasteiger partial charge on any atom is 0.391 e. The van der Waals surface area contributed by atoms with Crippen LogP contribution in [0.1, 0.15) is 59.2 Å². The van der Waals surface area contributed by atoms with Crippen molar-refractivity contribution in [1.29, 1.82) is 0 Å². The van der Waals surface area contributed by atoms with Gasteiger partial charge in [-0.2, -0.15) is 26.3 Å². The summed E-state index contributed by atoms with van der Waals surface area (Å²) in [6, 6.07) is 3.11. The van der Waals surface area contributed by atoms with Crippen LogP contribution in [0.3, 0.4) is 0 Å². The third-order valence-corrected chi connectivity index (χ3v) is 5.33. The molecule has 2 aliphatic carbocycles. The Morgan fingerprint density at radius 3 is 1.27 bits per heavy atom. The van der Waals surface area contributed by atoms with Crippen LogP contribution in [0.15, 0.2) is 24.3 Å². The lowest BCUT2D eigenvalue weighted by Gasteiger charge is -2.20. The van der Waals surface area contributed by atoms with Crippen molar-refractivity contribution in [2.75, 3.05) is 0 Å². The Balaban J connectivity index is 1.59. The smallest absolute Gasteiger partial charge is 0.349 e. The number of nitrogens with one attached hydrogen (secondary N) is 2. The first-order chi connectivity index (χ1) is 13.9. The number of hydrogen-bond donors (Lipinski definition) is 2. The van der Waals surface area contributed by atoms with Gasteiger partial charge in [0.25, 0.3) is 11.8 Å². The van der Waals surface area contributed by atoms with Crippen molar-refractivity contribution in [3.05, 3.63) is 35.4 Å². The minimum absolute atomic E-state index is 0.0772. The molecule has 2 saturated carbocycles. The largest absolute Gasteiger partial charge is 0.391 e. The third kappa shape index (κ3) is 6.91. The number of hydrogen-bond acceptors (Lipinski definition) is 2. The second kappa shape index (κ2) is 8.47. The minimum atomic E-state index is -4.39. The van der Waals surface area contributed by atoms with Crippen LogP contribution >= 0.6 is 0 Å². The van der Waals surface area contributed by atoms with Crippen molar-refractivity contribution in [3.8, 4) is 0 Å². The fourth-order valence-electron chi connectivity index (χ4n) is 3.44. The van der Waals surface area contributed by atoms with Gasteiger partial charge in [0.1, 0.15) is 0 Å². The molecule has 2 aliphatic rings. The van der Waals surface area contributed by atoms with E-state index in [1.165, 1.54) is 24.3 Å². The third-order valence-electron chi connectivity index (χ3n) is 5.33. The Bertz CT molecular complexity index is 702. The van der Waals surface area contributed by atoms with Crippen LogP contribution in [-0.2, 0) is 0 Å². The molecule has 0 saturated heterocycles. The summed E-state index contributed by atoms with van der Waals surface area (Å²) in [5, 5.41) is 4.79. The van der Waals surface area contributed by atoms with Gasteiger partial charge >= 0.3 is 12.4 Å². The van der Waals surface area contributed by atoms with Crippen molar-refractivity contribution < 1.29 is 35.9 Å². The summed E-state index contributed by atoms with van der Waals surface area (Å²) >= 11 is 0. The van der Waals surface area contributed by atoms with E-state index in [-0.39, 0.29) is 23.0 Å². The van der Waals surface area contributed by atoms with Crippen LogP contribution in [-0.4, -0.2) is 36.3 Å². The van der Waals surface area contributed by atoms with Crippen molar-refractivity contribution in [1.82, 2.24) is 10.6 Å². The molecule has 30 heavy (non-hydrogen) atoms. The number of amides is 2. The number of carbonyl (C=O) groups is 2. The molecular formula is C20H22F6N2O2. The zero-order valence-electron chi connectivity index (χ0n) is 15.9. The van der Waals surface area contributed by atoms with Crippen LogP contribution in [0.25, 0.3) is 0 Å². The van der Waals surface area contributed by atoms with Gasteiger partial charge in [0.15, 0.2) is 0 Å². The van der Waals surface area contributed by atoms with E-state index in [0.717, 1.165) is 0 Å². The zero-order chi connectivity index (χ0) is 22.1. The topological polar surface area (TPSA) is 58.2 Å². The molecule has 2 atom stereocenters. The van der Waals surface area contributed by atoms with Gasteiger partial charge in [-0.25, -0.2) is 0 Å². The second-order valence-corrected chi connectivity index (χ2v) is 8.05. The first-order valence-electron chi connectivity index (χ1n) is 9.76. The molecule has 0 aromatic heterocycles. The molecule has 166 valence electrons. The van der Waals surface area contributed by atoms with Gasteiger partial charge in [-0.15, -0.1) is 0 Å². The Morgan fingerprint density at radius 1 is 0.733 bits per heavy atom. The molecule has 4 nitrogen and oxygen atoms in total. The lowest BCUT2D eigenvalue weighted by molar-refractivity contribution is -0.141. The molecule has 3 rings (SSSR count). The van der Waals surface area contributed by atoms with Crippen molar-refractivity contribution in [2.45, 2.75) is 63.0 Å². The van der Waals surface area contributed by atoms with Crippen LogP contribution in [0.5, 0.6) is 0 Å². The fourth-order valence-corrected chi connectivity index (χ4v) is 3.44. The van der Waals surface area contributed by atoms with Gasteiger partial charge in [-0.1, -0.05) is 0 Å². The molecule has 2 N–H and O–H groups in total. The average molecular weight is 436 g/mol. The average Bonchev–Trinajstić information content (AvgIpc) is 3.51. The summed E-state index contributed by atoms with van der Waals surface area (Å²) in [5.41, 5.74) is 0.154. The van der Waals surface area contributed by atoms with Gasteiger partial charge in [0, 0.05) is 23.2 Å². The van der Waals surface area contributed by atoms with E-state index in [1.807, 2.05) is 0 Å². The molecule has 0 heterocycles. The number of carbonyl (C=O) groups excluding carboxylic acids is 2. The molecule has 0 bridgehead atoms. The molecule has 1 aromatic rings. The first kappa shape index (κ1) is 22.4. The van der Waals surface area contributed by atoms with E-state index < -0.39 is 49.1 Å².